The number of rotatable bonds is 2. The number of fused-ring (bicyclic) bond motifs is 3. The van der Waals surface area contributed by atoms with E-state index in [0.29, 0.717) is 24.7 Å². The van der Waals surface area contributed by atoms with E-state index in [1.807, 2.05) is 36.5 Å². The molecule has 0 unspecified atom stereocenters. The number of pyridine rings is 1. The van der Waals surface area contributed by atoms with E-state index in [4.69, 9.17) is 15.2 Å². The average Bonchev–Trinajstić information content (AvgIpc) is 3.11. The number of hydrogen-bond acceptors (Lipinski definition) is 5. The van der Waals surface area contributed by atoms with Gasteiger partial charge in [0.25, 0.3) is 5.91 Å². The number of para-hydroxylation sites is 1. The van der Waals surface area contributed by atoms with Crippen LogP contribution in [0.15, 0.2) is 42.6 Å². The molecule has 7 nitrogen and oxygen atoms in total. The average molecular weight is 350 g/mol. The Morgan fingerprint density at radius 1 is 1.27 bits per heavy atom. The maximum atomic E-state index is 12.0. The minimum absolute atomic E-state index is 0.0509. The highest BCUT2D eigenvalue weighted by Crippen LogP contribution is 2.44. The van der Waals surface area contributed by atoms with Crippen LogP contribution in [0, 0.1) is 0 Å². The Morgan fingerprint density at radius 2 is 2.15 bits per heavy atom. The van der Waals surface area contributed by atoms with Gasteiger partial charge in [0, 0.05) is 18.2 Å². The second-order valence-electron chi connectivity index (χ2n) is 6.57. The van der Waals surface area contributed by atoms with E-state index in [2.05, 4.69) is 14.9 Å². The number of hydrogen-bond donors (Lipinski definition) is 2. The summed E-state index contributed by atoms with van der Waals surface area (Å²) in [5.74, 6) is 0.0823. The van der Waals surface area contributed by atoms with Gasteiger partial charge in [-0.2, -0.15) is 4.98 Å². The molecule has 1 amide bonds. The number of H-pyrrole nitrogens is 1. The summed E-state index contributed by atoms with van der Waals surface area (Å²) in [5, 5.41) is 0.986. The predicted molar refractivity (Wildman–Crippen MR) is 96.8 cm³/mol. The van der Waals surface area contributed by atoms with Crippen molar-refractivity contribution in [3.05, 3.63) is 48.2 Å². The zero-order chi connectivity index (χ0) is 17.7. The van der Waals surface area contributed by atoms with Gasteiger partial charge in [-0.1, -0.05) is 12.1 Å². The third-order valence-electron chi connectivity index (χ3n) is 5.03. The van der Waals surface area contributed by atoms with Crippen LogP contribution < -0.4 is 15.4 Å². The number of benzene rings is 1. The summed E-state index contributed by atoms with van der Waals surface area (Å²) in [6.45, 7) is 1.14. The molecule has 2 aromatic heterocycles. The molecule has 2 atom stereocenters. The number of nitrogens with zero attached hydrogens (tertiary/aromatic N) is 2. The first kappa shape index (κ1) is 15.2. The Labute approximate surface area is 149 Å². The minimum Gasteiger partial charge on any atom is -0.468 e. The normalized spacial score (nSPS) is 21.8. The fraction of sp³-hybridized carbons (Fsp3) is 0.263. The Balaban J connectivity index is 1.75. The van der Waals surface area contributed by atoms with Gasteiger partial charge < -0.3 is 25.1 Å². The fourth-order valence-corrected chi connectivity index (χ4v) is 3.84. The number of aromatic nitrogens is 2. The van der Waals surface area contributed by atoms with Crippen LogP contribution in [0.4, 0.5) is 11.4 Å². The van der Waals surface area contributed by atoms with Gasteiger partial charge in [-0.25, -0.2) is 0 Å². The molecule has 0 spiro atoms. The topological polar surface area (TPSA) is 93.5 Å². The van der Waals surface area contributed by atoms with E-state index in [1.54, 1.807) is 6.07 Å². The molecule has 1 saturated heterocycles. The van der Waals surface area contributed by atoms with Gasteiger partial charge in [-0.3, -0.25) is 4.79 Å². The first-order chi connectivity index (χ1) is 12.7. The number of primary amides is 1. The molecular weight excluding hydrogens is 332 g/mol. The Kier molecular flexibility index (Phi) is 3.36. The van der Waals surface area contributed by atoms with Crippen molar-refractivity contribution in [3.8, 4) is 5.88 Å². The summed E-state index contributed by atoms with van der Waals surface area (Å²) in [5.41, 5.74) is 8.51. The van der Waals surface area contributed by atoms with Crippen LogP contribution in [0.2, 0.25) is 0 Å². The van der Waals surface area contributed by atoms with E-state index in [-0.39, 0.29) is 12.1 Å². The first-order valence-electron chi connectivity index (χ1n) is 8.63. The lowest BCUT2D eigenvalue weighted by atomic mass is 9.98. The molecule has 26 heavy (non-hydrogen) atoms. The zero-order valence-corrected chi connectivity index (χ0v) is 14.0. The molecule has 132 valence electrons. The number of ether oxygens (including phenoxy) is 2. The van der Waals surface area contributed by atoms with Crippen molar-refractivity contribution in [1.29, 1.82) is 0 Å². The molecule has 7 heteroatoms. The number of anilines is 2. The quantitative estimate of drug-likeness (QED) is 0.740. The monoisotopic (exact) mass is 350 g/mol. The van der Waals surface area contributed by atoms with Crippen molar-refractivity contribution >= 4 is 28.3 Å². The highest BCUT2D eigenvalue weighted by Gasteiger charge is 2.40. The van der Waals surface area contributed by atoms with Gasteiger partial charge in [0.15, 0.2) is 0 Å². The summed E-state index contributed by atoms with van der Waals surface area (Å²) >= 11 is 0. The van der Waals surface area contributed by atoms with Crippen molar-refractivity contribution in [2.75, 3.05) is 18.1 Å². The van der Waals surface area contributed by atoms with Crippen molar-refractivity contribution in [2.45, 2.75) is 18.6 Å². The van der Waals surface area contributed by atoms with Crippen LogP contribution in [0.25, 0.3) is 11.0 Å². The third-order valence-corrected chi connectivity index (χ3v) is 5.03. The maximum Gasteiger partial charge on any atom is 0.250 e. The summed E-state index contributed by atoms with van der Waals surface area (Å²) in [4.78, 5) is 21.9. The Morgan fingerprint density at radius 3 is 3.04 bits per heavy atom. The number of nitrogens with one attached hydrogen (secondary N) is 1. The SMILES string of the molecule is NC(=O)c1ccccc1N1c2cc3cc[nH]c3nc2O[C@@H]2COCC[C@H]21. The van der Waals surface area contributed by atoms with Gasteiger partial charge in [0.05, 0.1) is 23.9 Å². The van der Waals surface area contributed by atoms with E-state index < -0.39 is 5.91 Å². The van der Waals surface area contributed by atoms with Gasteiger partial charge in [-0.15, -0.1) is 0 Å². The summed E-state index contributed by atoms with van der Waals surface area (Å²) in [6.07, 6.45) is 2.49. The number of amides is 1. The molecule has 3 aromatic rings. The van der Waals surface area contributed by atoms with Crippen LogP contribution in [-0.2, 0) is 4.74 Å². The van der Waals surface area contributed by atoms with Crippen molar-refractivity contribution in [3.63, 3.8) is 0 Å². The standard InChI is InChI=1S/C19H18N4O3/c20-17(24)12-3-1-2-4-13(12)23-14-6-8-25-10-16(14)26-19-15(23)9-11-5-7-21-18(11)22-19/h1-5,7,9,14,16H,6,8,10H2,(H2,20,24)(H,21,22)/t14-,16-/m1/s1. The molecule has 0 aliphatic carbocycles. The zero-order valence-electron chi connectivity index (χ0n) is 14.0. The lowest BCUT2D eigenvalue weighted by Gasteiger charge is -2.45. The predicted octanol–water partition coefficient (Wildman–Crippen LogP) is 2.35. The number of aromatic amines is 1. The van der Waals surface area contributed by atoms with Crippen molar-refractivity contribution in [1.82, 2.24) is 9.97 Å². The lowest BCUT2D eigenvalue weighted by molar-refractivity contribution is -0.0126. The highest BCUT2D eigenvalue weighted by molar-refractivity contribution is 6.00. The van der Waals surface area contributed by atoms with Gasteiger partial charge >= 0.3 is 0 Å². The summed E-state index contributed by atoms with van der Waals surface area (Å²) in [6, 6.07) is 11.5. The second kappa shape index (κ2) is 5.74. The molecule has 0 bridgehead atoms. The van der Waals surface area contributed by atoms with Gasteiger partial charge in [0.2, 0.25) is 5.88 Å². The van der Waals surface area contributed by atoms with Crippen LogP contribution >= 0.6 is 0 Å². The van der Waals surface area contributed by atoms with Crippen LogP contribution in [0.5, 0.6) is 5.88 Å². The molecule has 1 fully saturated rings. The van der Waals surface area contributed by atoms with Crippen LogP contribution in [0.1, 0.15) is 16.8 Å². The molecule has 0 radical (unpaired) electrons. The number of carbonyl (C=O) groups is 1. The molecular formula is C19H18N4O3. The largest absolute Gasteiger partial charge is 0.468 e. The maximum absolute atomic E-state index is 12.0. The first-order valence-corrected chi connectivity index (χ1v) is 8.63. The van der Waals surface area contributed by atoms with Gasteiger partial charge in [-0.05, 0) is 30.7 Å². The molecule has 3 N–H and O–H groups in total. The fourth-order valence-electron chi connectivity index (χ4n) is 3.84. The second-order valence-corrected chi connectivity index (χ2v) is 6.57. The number of nitrogens with two attached hydrogens (primary N) is 1. The number of carbonyl (C=O) groups excluding carboxylic acids is 1. The van der Waals surface area contributed by atoms with E-state index in [0.717, 1.165) is 28.8 Å². The molecule has 0 saturated carbocycles. The molecule has 2 aliphatic heterocycles. The summed E-state index contributed by atoms with van der Waals surface area (Å²) in [7, 11) is 0. The molecule has 2 aliphatic rings. The molecule has 4 heterocycles. The Hall–Kier alpha value is -3.06. The van der Waals surface area contributed by atoms with E-state index in [9.17, 15) is 4.79 Å². The van der Waals surface area contributed by atoms with E-state index in [1.165, 1.54) is 0 Å². The minimum atomic E-state index is -0.451. The Bertz CT molecular complexity index is 999. The van der Waals surface area contributed by atoms with Gasteiger partial charge in [0.1, 0.15) is 17.4 Å². The van der Waals surface area contributed by atoms with E-state index >= 15 is 0 Å². The lowest BCUT2D eigenvalue weighted by Crippen LogP contribution is -2.53. The molecule has 1 aromatic carbocycles. The summed E-state index contributed by atoms with van der Waals surface area (Å²) < 4.78 is 11.8. The van der Waals surface area contributed by atoms with Crippen molar-refractivity contribution in [2.24, 2.45) is 5.73 Å². The highest BCUT2D eigenvalue weighted by atomic mass is 16.5. The molecule has 5 rings (SSSR count). The van der Waals surface area contributed by atoms with Crippen LogP contribution in [0.3, 0.4) is 0 Å². The van der Waals surface area contributed by atoms with Crippen LogP contribution in [-0.4, -0.2) is 41.2 Å². The third kappa shape index (κ3) is 2.24. The smallest absolute Gasteiger partial charge is 0.250 e. The van der Waals surface area contributed by atoms with Crippen molar-refractivity contribution < 1.29 is 14.3 Å².